The molecular weight excluding hydrogens is 242 g/mol. The summed E-state index contributed by atoms with van der Waals surface area (Å²) in [6, 6.07) is 14.3. The summed E-state index contributed by atoms with van der Waals surface area (Å²) >= 11 is 0. The van der Waals surface area contributed by atoms with E-state index in [1.54, 1.807) is 24.3 Å². The molecule has 4 heteroatoms. The fourth-order valence-corrected chi connectivity index (χ4v) is 1.90. The van der Waals surface area contributed by atoms with Crippen LogP contribution >= 0.6 is 0 Å². The summed E-state index contributed by atoms with van der Waals surface area (Å²) in [6.07, 6.45) is 0.526. The van der Waals surface area contributed by atoms with Crippen LogP contribution in [0.3, 0.4) is 0 Å². The molecule has 98 valence electrons. The van der Waals surface area contributed by atoms with E-state index < -0.39 is 5.97 Å². The molecule has 19 heavy (non-hydrogen) atoms. The van der Waals surface area contributed by atoms with Gasteiger partial charge >= 0.3 is 5.97 Å². The third kappa shape index (κ3) is 3.11. The standard InChI is InChI=1S/C15H15NO3/c17-10-9-11-5-1-3-7-13(11)16-14-8-4-2-6-12(14)15(18)19/h1-8,16-17H,9-10H2,(H,18,19). The van der Waals surface area contributed by atoms with E-state index in [2.05, 4.69) is 5.32 Å². The quantitative estimate of drug-likeness (QED) is 0.770. The van der Waals surface area contributed by atoms with E-state index in [0.717, 1.165) is 11.3 Å². The van der Waals surface area contributed by atoms with Crippen LogP contribution in [-0.4, -0.2) is 22.8 Å². The van der Waals surface area contributed by atoms with Gasteiger partial charge in [0.2, 0.25) is 0 Å². The number of nitrogens with one attached hydrogen (secondary N) is 1. The van der Waals surface area contributed by atoms with Crippen molar-refractivity contribution < 1.29 is 15.0 Å². The highest BCUT2D eigenvalue weighted by atomic mass is 16.4. The molecule has 2 rings (SSSR count). The first-order valence-electron chi connectivity index (χ1n) is 6.00. The van der Waals surface area contributed by atoms with Gasteiger partial charge < -0.3 is 15.5 Å². The molecule has 0 aliphatic rings. The zero-order valence-electron chi connectivity index (χ0n) is 10.3. The fourth-order valence-electron chi connectivity index (χ4n) is 1.90. The van der Waals surface area contributed by atoms with Gasteiger partial charge in [0, 0.05) is 12.3 Å². The van der Waals surface area contributed by atoms with Gasteiger partial charge in [-0.2, -0.15) is 0 Å². The van der Waals surface area contributed by atoms with Gasteiger partial charge in [-0.25, -0.2) is 4.79 Å². The van der Waals surface area contributed by atoms with Crippen molar-refractivity contribution in [2.75, 3.05) is 11.9 Å². The van der Waals surface area contributed by atoms with Gasteiger partial charge in [-0.1, -0.05) is 30.3 Å². The van der Waals surface area contributed by atoms with E-state index in [9.17, 15) is 4.79 Å². The van der Waals surface area contributed by atoms with Gasteiger partial charge in [-0.05, 0) is 30.2 Å². The van der Waals surface area contributed by atoms with Gasteiger partial charge in [-0.3, -0.25) is 0 Å². The largest absolute Gasteiger partial charge is 0.478 e. The number of hydrogen-bond acceptors (Lipinski definition) is 3. The molecular formula is C15H15NO3. The van der Waals surface area contributed by atoms with Crippen LogP contribution < -0.4 is 5.32 Å². The molecule has 0 aliphatic heterocycles. The average Bonchev–Trinajstić information content (AvgIpc) is 2.42. The topological polar surface area (TPSA) is 69.6 Å². The number of aliphatic hydroxyl groups excluding tert-OH is 1. The number of para-hydroxylation sites is 2. The van der Waals surface area contributed by atoms with Crippen LogP contribution in [0.2, 0.25) is 0 Å². The Morgan fingerprint density at radius 2 is 1.63 bits per heavy atom. The first kappa shape index (κ1) is 13.1. The average molecular weight is 257 g/mol. The Labute approximate surface area is 111 Å². The van der Waals surface area contributed by atoms with Crippen LogP contribution in [0.4, 0.5) is 11.4 Å². The van der Waals surface area contributed by atoms with Crippen molar-refractivity contribution in [3.63, 3.8) is 0 Å². The van der Waals surface area contributed by atoms with Gasteiger partial charge in [0.15, 0.2) is 0 Å². The molecule has 0 bridgehead atoms. The molecule has 2 aromatic carbocycles. The molecule has 0 saturated carbocycles. The van der Waals surface area contributed by atoms with Gasteiger partial charge in [0.05, 0.1) is 11.3 Å². The predicted molar refractivity (Wildman–Crippen MR) is 73.9 cm³/mol. The monoisotopic (exact) mass is 257 g/mol. The number of benzene rings is 2. The molecule has 0 aliphatic carbocycles. The maximum absolute atomic E-state index is 11.1. The first-order chi connectivity index (χ1) is 9.22. The predicted octanol–water partition coefficient (Wildman–Crippen LogP) is 2.66. The van der Waals surface area contributed by atoms with Crippen molar-refractivity contribution in [3.05, 3.63) is 59.7 Å². The number of carboxylic acid groups (broad SMARTS) is 1. The smallest absolute Gasteiger partial charge is 0.337 e. The van der Waals surface area contributed by atoms with Crippen LogP contribution in [-0.2, 0) is 6.42 Å². The molecule has 4 nitrogen and oxygen atoms in total. The Hall–Kier alpha value is -2.33. The fraction of sp³-hybridized carbons (Fsp3) is 0.133. The number of aliphatic hydroxyl groups is 1. The minimum absolute atomic E-state index is 0.0548. The normalized spacial score (nSPS) is 10.2. The summed E-state index contributed by atoms with van der Waals surface area (Å²) in [5.74, 6) is -0.970. The molecule has 0 unspecified atom stereocenters. The molecule has 0 spiro atoms. The van der Waals surface area contributed by atoms with Crippen molar-refractivity contribution in [1.82, 2.24) is 0 Å². The Morgan fingerprint density at radius 3 is 2.32 bits per heavy atom. The molecule has 0 radical (unpaired) electrons. The van der Waals surface area contributed by atoms with Crippen LogP contribution in [0.25, 0.3) is 0 Å². The van der Waals surface area contributed by atoms with E-state index >= 15 is 0 Å². The zero-order chi connectivity index (χ0) is 13.7. The maximum atomic E-state index is 11.1. The Balaban J connectivity index is 2.34. The van der Waals surface area contributed by atoms with Crippen molar-refractivity contribution >= 4 is 17.3 Å². The van der Waals surface area contributed by atoms with Crippen LogP contribution in [0, 0.1) is 0 Å². The van der Waals surface area contributed by atoms with Crippen LogP contribution in [0.1, 0.15) is 15.9 Å². The Bertz CT molecular complexity index is 581. The minimum atomic E-state index is -0.970. The summed E-state index contributed by atoms with van der Waals surface area (Å²) in [4.78, 5) is 11.1. The lowest BCUT2D eigenvalue weighted by Gasteiger charge is -2.13. The summed E-state index contributed by atoms with van der Waals surface area (Å²) in [7, 11) is 0. The molecule has 0 fully saturated rings. The zero-order valence-corrected chi connectivity index (χ0v) is 10.3. The second kappa shape index (κ2) is 6.02. The molecule has 0 heterocycles. The summed E-state index contributed by atoms with van der Waals surface area (Å²) in [6.45, 7) is 0.0548. The second-order valence-corrected chi connectivity index (χ2v) is 4.11. The molecule has 0 atom stereocenters. The minimum Gasteiger partial charge on any atom is -0.478 e. The molecule has 2 aromatic rings. The lowest BCUT2D eigenvalue weighted by Crippen LogP contribution is -2.04. The van der Waals surface area contributed by atoms with E-state index in [1.807, 2.05) is 24.3 Å². The van der Waals surface area contributed by atoms with Crippen molar-refractivity contribution in [3.8, 4) is 0 Å². The van der Waals surface area contributed by atoms with Gasteiger partial charge in [-0.15, -0.1) is 0 Å². The number of carbonyl (C=O) groups is 1. The van der Waals surface area contributed by atoms with Crippen molar-refractivity contribution in [2.45, 2.75) is 6.42 Å². The summed E-state index contributed by atoms with van der Waals surface area (Å²) < 4.78 is 0. The second-order valence-electron chi connectivity index (χ2n) is 4.11. The van der Waals surface area contributed by atoms with Gasteiger partial charge in [0.1, 0.15) is 0 Å². The number of carboxylic acids is 1. The van der Waals surface area contributed by atoms with Crippen molar-refractivity contribution in [1.29, 1.82) is 0 Å². The SMILES string of the molecule is O=C(O)c1ccccc1Nc1ccccc1CCO. The van der Waals surface area contributed by atoms with Crippen molar-refractivity contribution in [2.24, 2.45) is 0 Å². The number of hydrogen-bond donors (Lipinski definition) is 3. The van der Waals surface area contributed by atoms with E-state index in [1.165, 1.54) is 0 Å². The first-order valence-corrected chi connectivity index (χ1v) is 6.00. The van der Waals surface area contributed by atoms with Gasteiger partial charge in [0.25, 0.3) is 0 Å². The molecule has 0 saturated heterocycles. The Kier molecular flexibility index (Phi) is 4.15. The lowest BCUT2D eigenvalue weighted by molar-refractivity contribution is 0.0698. The number of anilines is 2. The summed E-state index contributed by atoms with van der Waals surface area (Å²) in [5, 5.41) is 21.3. The number of aromatic carboxylic acids is 1. The number of rotatable bonds is 5. The molecule has 3 N–H and O–H groups in total. The van der Waals surface area contributed by atoms with E-state index in [4.69, 9.17) is 10.2 Å². The molecule has 0 aromatic heterocycles. The summed E-state index contributed by atoms with van der Waals surface area (Å²) in [5.41, 5.74) is 2.53. The highest BCUT2D eigenvalue weighted by Crippen LogP contribution is 2.24. The van der Waals surface area contributed by atoms with Crippen LogP contribution in [0.15, 0.2) is 48.5 Å². The lowest BCUT2D eigenvalue weighted by atomic mass is 10.1. The third-order valence-electron chi connectivity index (χ3n) is 2.83. The van der Waals surface area contributed by atoms with Crippen LogP contribution in [0.5, 0.6) is 0 Å². The van der Waals surface area contributed by atoms with E-state index in [0.29, 0.717) is 12.1 Å². The highest BCUT2D eigenvalue weighted by molar-refractivity contribution is 5.95. The molecule has 0 amide bonds. The highest BCUT2D eigenvalue weighted by Gasteiger charge is 2.10. The Morgan fingerprint density at radius 1 is 1.00 bits per heavy atom. The van der Waals surface area contributed by atoms with E-state index in [-0.39, 0.29) is 12.2 Å². The third-order valence-corrected chi connectivity index (χ3v) is 2.83. The maximum Gasteiger partial charge on any atom is 0.337 e.